The van der Waals surface area contributed by atoms with Crippen molar-refractivity contribution in [1.29, 1.82) is 0 Å². The second-order valence-corrected chi connectivity index (χ2v) is 23.4. The number of ether oxygens (including phenoxy) is 6. The largest absolute Gasteiger partial charge is 0.497 e. The van der Waals surface area contributed by atoms with E-state index in [9.17, 15) is 28.8 Å². The maximum atomic E-state index is 13.9. The van der Waals surface area contributed by atoms with Gasteiger partial charge in [-0.3, -0.25) is 24.5 Å². The highest BCUT2D eigenvalue weighted by Gasteiger charge is 2.42. The van der Waals surface area contributed by atoms with E-state index >= 15 is 0 Å². The Morgan fingerprint density at radius 1 is 0.838 bits per heavy atom. The minimum absolute atomic E-state index is 0.0414. The number of β-lactam (4-membered cyclic amide) rings is 1. The van der Waals surface area contributed by atoms with Gasteiger partial charge < -0.3 is 59.4 Å². The van der Waals surface area contributed by atoms with Crippen LogP contribution in [0.4, 0.5) is 9.93 Å². The zero-order valence-corrected chi connectivity index (χ0v) is 48.5. The van der Waals surface area contributed by atoms with Crippen LogP contribution in [0.25, 0.3) is 0 Å². The fourth-order valence-corrected chi connectivity index (χ4v) is 9.81. The van der Waals surface area contributed by atoms with E-state index in [2.05, 4.69) is 46.6 Å². The lowest BCUT2D eigenvalue weighted by Crippen LogP contribution is -2.72. The average molecular weight is 1160 g/mol. The Morgan fingerprint density at radius 2 is 1.49 bits per heavy atom. The number of carbonyl (C=O) groups excluding carboxylic acids is 6. The van der Waals surface area contributed by atoms with E-state index in [0.29, 0.717) is 36.0 Å². The lowest BCUT2D eigenvalue weighted by atomic mass is 9.98. The Kier molecular flexibility index (Phi) is 19.7. The lowest BCUT2D eigenvalue weighted by molar-refractivity contribution is -0.179. The number of aromatic nitrogens is 2. The molecule has 2 aliphatic heterocycles. The number of amides is 5. The van der Waals surface area contributed by atoms with Crippen molar-refractivity contribution in [2.45, 2.75) is 110 Å². The summed E-state index contributed by atoms with van der Waals surface area (Å²) in [5.41, 5.74) is -1.78. The molecule has 0 saturated carbocycles. The van der Waals surface area contributed by atoms with Gasteiger partial charge in [0, 0.05) is 37.5 Å². The third-order valence-electron chi connectivity index (χ3n) is 12.1. The first kappa shape index (κ1) is 60.1. The molecule has 3 aromatic carbocycles. The van der Waals surface area contributed by atoms with Crippen LogP contribution in [-0.2, 0) is 41.9 Å². The van der Waals surface area contributed by atoms with Crippen LogP contribution in [0, 0.1) is 0 Å². The van der Waals surface area contributed by atoms with Crippen molar-refractivity contribution < 1.29 is 62.0 Å². The molecule has 5 aromatic rings. The summed E-state index contributed by atoms with van der Waals surface area (Å²) in [7, 11) is 3.19. The molecule has 0 aliphatic carbocycles. The van der Waals surface area contributed by atoms with Gasteiger partial charge in [0.15, 0.2) is 22.3 Å². The van der Waals surface area contributed by atoms with E-state index in [4.69, 9.17) is 44.9 Å². The Balaban J connectivity index is 0.912. The number of nitrogens with zero attached hydrogens (tertiary/aromatic N) is 4. The van der Waals surface area contributed by atoms with Gasteiger partial charge in [-0.05, 0) is 116 Å². The van der Waals surface area contributed by atoms with Crippen molar-refractivity contribution in [1.82, 2.24) is 36.1 Å². The van der Waals surface area contributed by atoms with E-state index in [1.807, 2.05) is 48.5 Å². The predicted molar refractivity (Wildman–Crippen MR) is 300 cm³/mol. The fraction of sp³-hybridized carbons (Fsp3) is 0.436. The Hall–Kier alpha value is -7.54. The maximum Gasteiger partial charge on any atom is 0.413 e. The monoisotopic (exact) mass is 1160 g/mol. The molecule has 0 radical (unpaired) electrons. The van der Waals surface area contributed by atoms with Gasteiger partial charge in [0.1, 0.15) is 52.5 Å². The molecular formula is C55H66ClN9O13S2. The normalized spacial score (nSPS) is 16.6. The van der Waals surface area contributed by atoms with Crippen LogP contribution >= 0.6 is 34.3 Å². The third-order valence-corrected chi connectivity index (χ3v) is 14.4. The van der Waals surface area contributed by atoms with Crippen molar-refractivity contribution in [3.8, 4) is 23.0 Å². The van der Waals surface area contributed by atoms with Crippen LogP contribution in [0.15, 0.2) is 77.4 Å². The highest BCUT2D eigenvalue weighted by Crippen LogP contribution is 2.39. The van der Waals surface area contributed by atoms with E-state index < -0.39 is 64.4 Å². The molecule has 0 spiro atoms. The summed E-state index contributed by atoms with van der Waals surface area (Å²) in [6, 6.07) is 16.3. The Bertz CT molecular complexity index is 3060. The number of thiazole rings is 2. The summed E-state index contributed by atoms with van der Waals surface area (Å²) in [6.45, 7) is 15.6. The smallest absolute Gasteiger partial charge is 0.413 e. The standard InChI is InChI=1S/C55H66ClN9O13S2/c1-53(2,3)76-50(70)55(7,8)78-64-43(38-30-79-51(61-38)63-52(71)77-54(4,5)6)48(69)62-42-37(60-47(42)68)25-58-46(67)40-26-59-49(80-40)33-21-23-65(27-33)24-22-57-45(66)36-19-20-39(74-28-31-11-15-34(72-9)16-12-31)44(41(36)56)75-29-32-13-17-35(73-10)18-14-32/h11-20,26,30,33,37,42H,21-25,27-29H2,1-10H3,(H,57,66)(H,58,67)(H,60,68)(H,62,69)(H,61,63,71)/b64-43-/t33-,37-,42+/m1/s1. The van der Waals surface area contributed by atoms with Crippen molar-refractivity contribution in [2.75, 3.05) is 52.3 Å². The lowest BCUT2D eigenvalue weighted by Gasteiger charge is -2.37. The molecular weight excluding hydrogens is 1090 g/mol. The van der Waals surface area contributed by atoms with Crippen LogP contribution in [0.2, 0.25) is 5.02 Å². The number of nitrogens with one attached hydrogen (secondary N) is 5. The molecule has 5 amide bonds. The van der Waals surface area contributed by atoms with E-state index in [1.54, 1.807) is 67.9 Å². The average Bonchev–Trinajstić information content (AvgIpc) is 4.24. The summed E-state index contributed by atoms with van der Waals surface area (Å²) >= 11 is 9.15. The van der Waals surface area contributed by atoms with E-state index in [1.165, 1.54) is 36.8 Å². The van der Waals surface area contributed by atoms with Crippen LogP contribution in [0.3, 0.4) is 0 Å². The Labute approximate surface area is 476 Å². The van der Waals surface area contributed by atoms with Crippen molar-refractivity contribution in [2.24, 2.45) is 5.16 Å². The molecule has 2 aliphatic rings. The van der Waals surface area contributed by atoms with Gasteiger partial charge in [-0.15, -0.1) is 22.7 Å². The minimum atomic E-state index is -1.66. The highest BCUT2D eigenvalue weighted by atomic mass is 35.5. The van der Waals surface area contributed by atoms with Gasteiger partial charge in [0.2, 0.25) is 11.5 Å². The summed E-state index contributed by atoms with van der Waals surface area (Å²) < 4.78 is 33.7. The van der Waals surface area contributed by atoms with Crippen LogP contribution < -0.4 is 45.5 Å². The van der Waals surface area contributed by atoms with Crippen LogP contribution in [0.1, 0.15) is 110 Å². The maximum absolute atomic E-state index is 13.9. The molecule has 428 valence electrons. The number of carbonyl (C=O) groups is 6. The number of anilines is 1. The predicted octanol–water partition coefficient (Wildman–Crippen LogP) is 7.25. The number of oxime groups is 1. The molecule has 2 aromatic heterocycles. The summed E-state index contributed by atoms with van der Waals surface area (Å²) in [5.74, 6) is -0.889. The van der Waals surface area contributed by atoms with Crippen molar-refractivity contribution in [3.05, 3.63) is 110 Å². The SMILES string of the molecule is COc1ccc(COc2ccc(C(=O)NCCN3CC[C@@H](c4ncc(C(=O)NC[C@H]5NC(=O)[C@H]5NC(=O)/C(=N\OC(C)(C)C(=O)OC(C)(C)C)c5csc(NC(=O)OC(C)(C)C)n5)s4)C3)c(Cl)c2OCc2ccc(OC)cc2)cc1. The second-order valence-electron chi connectivity index (χ2n) is 21.1. The first-order chi connectivity index (χ1) is 37.9. The molecule has 22 nitrogen and oxygen atoms in total. The van der Waals surface area contributed by atoms with Crippen LogP contribution in [-0.4, -0.2) is 132 Å². The number of halogens is 1. The number of esters is 1. The molecule has 7 rings (SSSR count). The zero-order chi connectivity index (χ0) is 57.9. The molecule has 80 heavy (non-hydrogen) atoms. The summed E-state index contributed by atoms with van der Waals surface area (Å²) in [5, 5.41) is 20.1. The molecule has 4 heterocycles. The number of likely N-dealkylation sites (tertiary alicyclic amines) is 1. The molecule has 25 heteroatoms. The van der Waals surface area contributed by atoms with Crippen molar-refractivity contribution >= 4 is 80.8 Å². The van der Waals surface area contributed by atoms with Crippen molar-refractivity contribution in [3.63, 3.8) is 0 Å². The number of hydrogen-bond acceptors (Lipinski definition) is 19. The number of rotatable bonds is 23. The zero-order valence-electron chi connectivity index (χ0n) is 46.1. The fourth-order valence-electron chi connectivity index (χ4n) is 7.87. The Morgan fingerprint density at radius 3 is 2.11 bits per heavy atom. The van der Waals surface area contributed by atoms with E-state index in [0.717, 1.165) is 46.2 Å². The van der Waals surface area contributed by atoms with Gasteiger partial charge in [-0.25, -0.2) is 19.6 Å². The van der Waals surface area contributed by atoms with Gasteiger partial charge in [-0.2, -0.15) is 0 Å². The summed E-state index contributed by atoms with van der Waals surface area (Å²) in [6.07, 6.45) is 1.51. The topological polar surface area (TPSA) is 269 Å². The molecule has 2 saturated heterocycles. The number of methoxy groups -OCH3 is 2. The summed E-state index contributed by atoms with van der Waals surface area (Å²) in [4.78, 5) is 96.3. The van der Waals surface area contributed by atoms with Crippen LogP contribution in [0.5, 0.6) is 23.0 Å². The molecule has 2 fully saturated rings. The first-order valence-electron chi connectivity index (χ1n) is 25.5. The minimum Gasteiger partial charge on any atom is -0.497 e. The highest BCUT2D eigenvalue weighted by molar-refractivity contribution is 7.14. The quantitative estimate of drug-likeness (QED) is 0.0187. The second kappa shape index (κ2) is 26.2. The van der Waals surface area contributed by atoms with Gasteiger partial charge in [0.25, 0.3) is 17.7 Å². The molecule has 3 atom stereocenters. The van der Waals surface area contributed by atoms with Gasteiger partial charge in [0.05, 0.1) is 42.1 Å². The van der Waals surface area contributed by atoms with E-state index in [-0.39, 0.29) is 58.7 Å². The number of benzene rings is 3. The first-order valence-corrected chi connectivity index (χ1v) is 27.6. The third kappa shape index (κ3) is 16.5. The van der Waals surface area contributed by atoms with Gasteiger partial charge in [-0.1, -0.05) is 41.0 Å². The number of hydrogen-bond donors (Lipinski definition) is 5. The van der Waals surface area contributed by atoms with Gasteiger partial charge >= 0.3 is 12.1 Å². The molecule has 5 N–H and O–H groups in total. The molecule has 0 unspecified atom stereocenters. The molecule has 0 bridgehead atoms.